The highest BCUT2D eigenvalue weighted by Gasteiger charge is 2.24. The van der Waals surface area contributed by atoms with Gasteiger partial charge in [0.1, 0.15) is 6.04 Å². The fourth-order valence-corrected chi connectivity index (χ4v) is 3.09. The summed E-state index contributed by atoms with van der Waals surface area (Å²) in [7, 11) is 0. The molecule has 0 saturated carbocycles. The molecule has 5 nitrogen and oxygen atoms in total. The second-order valence-electron chi connectivity index (χ2n) is 6.66. The number of carbonyl (C=O) groups excluding carboxylic acids is 1. The van der Waals surface area contributed by atoms with Gasteiger partial charge in [-0.05, 0) is 50.8 Å². The van der Waals surface area contributed by atoms with E-state index in [1.165, 1.54) is 12.8 Å². The van der Waals surface area contributed by atoms with Crippen LogP contribution in [-0.4, -0.2) is 35.1 Å². The first-order chi connectivity index (χ1) is 11.0. The zero-order valence-electron chi connectivity index (χ0n) is 14.5. The minimum Gasteiger partial charge on any atom is -0.464 e. The van der Waals surface area contributed by atoms with Crippen molar-refractivity contribution < 1.29 is 9.53 Å². The van der Waals surface area contributed by atoms with Crippen LogP contribution in [0.4, 0.5) is 0 Å². The van der Waals surface area contributed by atoms with Crippen LogP contribution in [0.15, 0.2) is 23.1 Å². The van der Waals surface area contributed by atoms with Gasteiger partial charge >= 0.3 is 5.97 Å². The molecular weight excluding hydrogens is 292 g/mol. The molecule has 2 heterocycles. The molecule has 1 aliphatic rings. The molecule has 0 bridgehead atoms. The number of hydrogen-bond acceptors (Lipinski definition) is 4. The molecule has 0 aromatic carbocycles. The number of ether oxygens (including phenoxy) is 1. The van der Waals surface area contributed by atoms with Crippen molar-refractivity contribution >= 4 is 5.97 Å². The molecule has 5 heteroatoms. The molecule has 2 rings (SSSR count). The predicted molar refractivity (Wildman–Crippen MR) is 90.3 cm³/mol. The highest BCUT2D eigenvalue weighted by molar-refractivity contribution is 5.74. The van der Waals surface area contributed by atoms with Crippen molar-refractivity contribution in [2.75, 3.05) is 19.7 Å². The average molecular weight is 320 g/mol. The molecule has 1 fully saturated rings. The first-order valence-corrected chi connectivity index (χ1v) is 8.61. The van der Waals surface area contributed by atoms with Gasteiger partial charge in [0.15, 0.2) is 0 Å². The average Bonchev–Trinajstić information content (AvgIpc) is 3.00. The minimum absolute atomic E-state index is 0.145. The maximum Gasteiger partial charge on any atom is 0.329 e. The van der Waals surface area contributed by atoms with Gasteiger partial charge in [-0.1, -0.05) is 19.9 Å². The first kappa shape index (κ1) is 17.7. The molecule has 0 aliphatic carbocycles. The standard InChI is InChI=1S/C18H28N2O3/c1-4-23-18(22)16(11-14(2)3)20-13-15(7-8-17(20)21)12-19-9-5-6-10-19/h7-8,13-14,16H,4-6,9-12H2,1-3H3. The number of aromatic nitrogens is 1. The molecular formula is C18H28N2O3. The maximum absolute atomic E-state index is 12.3. The third kappa shape index (κ3) is 4.93. The number of nitrogens with zero attached hydrogens (tertiary/aromatic N) is 2. The van der Waals surface area contributed by atoms with E-state index in [2.05, 4.69) is 4.90 Å². The SMILES string of the molecule is CCOC(=O)C(CC(C)C)n1cc(CN2CCCC2)ccc1=O. The van der Waals surface area contributed by atoms with Crippen molar-refractivity contribution in [2.24, 2.45) is 5.92 Å². The van der Waals surface area contributed by atoms with Gasteiger partial charge < -0.3 is 9.30 Å². The zero-order valence-corrected chi connectivity index (χ0v) is 14.5. The number of hydrogen-bond donors (Lipinski definition) is 0. The fraction of sp³-hybridized carbons (Fsp3) is 0.667. The van der Waals surface area contributed by atoms with Gasteiger partial charge in [0.05, 0.1) is 6.61 Å². The van der Waals surface area contributed by atoms with E-state index in [1.807, 2.05) is 26.1 Å². The molecule has 1 saturated heterocycles. The van der Waals surface area contributed by atoms with Crippen molar-refractivity contribution in [3.05, 3.63) is 34.2 Å². The summed E-state index contributed by atoms with van der Waals surface area (Å²) < 4.78 is 6.74. The van der Waals surface area contributed by atoms with E-state index >= 15 is 0 Å². The summed E-state index contributed by atoms with van der Waals surface area (Å²) in [4.78, 5) is 27.0. The van der Waals surface area contributed by atoms with E-state index in [9.17, 15) is 9.59 Å². The summed E-state index contributed by atoms with van der Waals surface area (Å²) >= 11 is 0. The number of esters is 1. The van der Waals surface area contributed by atoms with Crippen LogP contribution >= 0.6 is 0 Å². The van der Waals surface area contributed by atoms with Crippen molar-refractivity contribution in [3.63, 3.8) is 0 Å². The molecule has 1 atom stereocenters. The van der Waals surface area contributed by atoms with Gasteiger partial charge in [0.2, 0.25) is 0 Å². The Kier molecular flexibility index (Phi) is 6.39. The van der Waals surface area contributed by atoms with E-state index in [0.717, 1.165) is 25.2 Å². The molecule has 1 aliphatic heterocycles. The fourth-order valence-electron chi connectivity index (χ4n) is 3.09. The van der Waals surface area contributed by atoms with Crippen molar-refractivity contribution in [1.82, 2.24) is 9.47 Å². The normalized spacial score (nSPS) is 16.7. The summed E-state index contributed by atoms with van der Waals surface area (Å²) in [6.45, 7) is 9.25. The van der Waals surface area contributed by atoms with E-state index in [0.29, 0.717) is 18.9 Å². The Morgan fingerprint density at radius 1 is 1.26 bits per heavy atom. The van der Waals surface area contributed by atoms with Crippen molar-refractivity contribution in [3.8, 4) is 0 Å². The van der Waals surface area contributed by atoms with Crippen molar-refractivity contribution in [2.45, 2.75) is 52.6 Å². The highest BCUT2D eigenvalue weighted by Crippen LogP contribution is 2.19. The van der Waals surface area contributed by atoms with Gasteiger partial charge in [-0.2, -0.15) is 0 Å². The minimum atomic E-state index is -0.541. The number of pyridine rings is 1. The third-order valence-corrected chi connectivity index (χ3v) is 4.19. The topological polar surface area (TPSA) is 51.5 Å². The van der Waals surface area contributed by atoms with Gasteiger partial charge in [0, 0.05) is 18.8 Å². The van der Waals surface area contributed by atoms with Gasteiger partial charge in [-0.15, -0.1) is 0 Å². The summed E-state index contributed by atoms with van der Waals surface area (Å²) in [5, 5.41) is 0. The van der Waals surface area contributed by atoms with Crippen LogP contribution in [0.25, 0.3) is 0 Å². The summed E-state index contributed by atoms with van der Waals surface area (Å²) in [6, 6.07) is 2.90. The second-order valence-corrected chi connectivity index (χ2v) is 6.66. The van der Waals surface area contributed by atoms with E-state index in [4.69, 9.17) is 4.74 Å². The lowest BCUT2D eigenvalue weighted by Crippen LogP contribution is -2.32. The zero-order chi connectivity index (χ0) is 16.8. The number of likely N-dealkylation sites (tertiary alicyclic amines) is 1. The van der Waals surface area contributed by atoms with Crippen LogP contribution in [0.1, 0.15) is 51.6 Å². The monoisotopic (exact) mass is 320 g/mol. The van der Waals surface area contributed by atoms with E-state index < -0.39 is 6.04 Å². The summed E-state index contributed by atoms with van der Waals surface area (Å²) in [6.07, 6.45) is 4.91. The van der Waals surface area contributed by atoms with Crippen LogP contribution in [0.5, 0.6) is 0 Å². The Bertz CT molecular complexity index is 574. The van der Waals surface area contributed by atoms with E-state index in [-0.39, 0.29) is 11.5 Å². The lowest BCUT2D eigenvalue weighted by Gasteiger charge is -2.22. The Labute approximate surface area is 138 Å². The van der Waals surface area contributed by atoms with Crippen LogP contribution in [0.3, 0.4) is 0 Å². The molecule has 0 spiro atoms. The Morgan fingerprint density at radius 2 is 1.96 bits per heavy atom. The first-order valence-electron chi connectivity index (χ1n) is 8.61. The van der Waals surface area contributed by atoms with Gasteiger partial charge in [-0.3, -0.25) is 9.69 Å². The molecule has 1 aromatic rings. The molecule has 128 valence electrons. The molecule has 1 aromatic heterocycles. The van der Waals surface area contributed by atoms with Gasteiger partial charge in [-0.25, -0.2) is 4.79 Å². The Hall–Kier alpha value is -1.62. The third-order valence-electron chi connectivity index (χ3n) is 4.19. The quantitative estimate of drug-likeness (QED) is 0.725. The summed E-state index contributed by atoms with van der Waals surface area (Å²) in [5.74, 6) is -0.0137. The molecule has 0 radical (unpaired) electrons. The van der Waals surface area contributed by atoms with Crippen LogP contribution in [0, 0.1) is 5.92 Å². The predicted octanol–water partition coefficient (Wildman–Crippen LogP) is 2.59. The lowest BCUT2D eigenvalue weighted by molar-refractivity contribution is -0.147. The van der Waals surface area contributed by atoms with Crippen LogP contribution in [-0.2, 0) is 16.1 Å². The molecule has 1 unspecified atom stereocenters. The summed E-state index contributed by atoms with van der Waals surface area (Å²) in [5.41, 5.74) is 0.929. The molecule has 23 heavy (non-hydrogen) atoms. The van der Waals surface area contributed by atoms with Gasteiger partial charge in [0.25, 0.3) is 5.56 Å². The smallest absolute Gasteiger partial charge is 0.329 e. The van der Waals surface area contributed by atoms with E-state index in [1.54, 1.807) is 17.6 Å². The second kappa shape index (κ2) is 8.29. The highest BCUT2D eigenvalue weighted by atomic mass is 16.5. The number of rotatable bonds is 7. The lowest BCUT2D eigenvalue weighted by atomic mass is 10.0. The van der Waals surface area contributed by atoms with Crippen LogP contribution in [0.2, 0.25) is 0 Å². The number of carbonyl (C=O) groups is 1. The Morgan fingerprint density at radius 3 is 2.57 bits per heavy atom. The van der Waals surface area contributed by atoms with Crippen LogP contribution < -0.4 is 5.56 Å². The largest absolute Gasteiger partial charge is 0.464 e. The maximum atomic E-state index is 12.3. The molecule has 0 N–H and O–H groups in total. The molecule has 0 amide bonds. The Balaban J connectivity index is 2.25. The van der Waals surface area contributed by atoms with Crippen molar-refractivity contribution in [1.29, 1.82) is 0 Å².